The molecule has 0 amide bonds. The minimum atomic E-state index is -4.21. The SMILES string of the molecule is C=CC(CN1CCC(=C/C)/C(=C\COCC(=O)O)CC1)N=C(C)SC.CC.CC.FC(F)(F)c1ccccc1. The normalized spacial score (nSPS) is 16.9. The average Bonchev–Trinajstić information content (AvgIpc) is 3.14. The Bertz CT molecular complexity index is 885. The molecule has 1 saturated heterocycles. The van der Waals surface area contributed by atoms with E-state index >= 15 is 0 Å². The van der Waals surface area contributed by atoms with Crippen molar-refractivity contribution in [2.45, 2.75) is 66.6 Å². The standard InChI is InChI=1S/C19H30N2O3S.C7H5F3.2C2H6/c1-5-16-7-10-21(13-18(6-2)20-15(3)25-4)11-8-17(16)9-12-24-14-19(22)23;8-7(9,10)6-4-2-1-3-5-6;2*1-2/h5-6,9,18H,2,7-8,10-14H2,1,3-4H3,(H,22,23);1-5H;2*1-2H3/b16-5-,17-9-,20-15?;;;. The van der Waals surface area contributed by atoms with Crippen LogP contribution in [-0.2, 0) is 15.7 Å². The van der Waals surface area contributed by atoms with E-state index < -0.39 is 17.7 Å². The van der Waals surface area contributed by atoms with E-state index in [-0.39, 0.29) is 12.6 Å². The Hall–Kier alpha value is -2.36. The highest BCUT2D eigenvalue weighted by atomic mass is 32.2. The Labute approximate surface area is 237 Å². The predicted molar refractivity (Wildman–Crippen MR) is 161 cm³/mol. The number of rotatable bonds is 8. The topological polar surface area (TPSA) is 62.1 Å². The molecule has 1 aliphatic heterocycles. The summed E-state index contributed by atoms with van der Waals surface area (Å²) < 4.78 is 40.5. The number of carbonyl (C=O) groups is 1. The summed E-state index contributed by atoms with van der Waals surface area (Å²) in [7, 11) is 0. The largest absolute Gasteiger partial charge is 0.480 e. The molecular weight excluding hydrogens is 525 g/mol. The summed E-state index contributed by atoms with van der Waals surface area (Å²) in [5.41, 5.74) is 1.98. The number of ether oxygens (including phenoxy) is 1. The van der Waals surface area contributed by atoms with Crippen molar-refractivity contribution >= 4 is 22.8 Å². The molecule has 2 rings (SSSR count). The van der Waals surface area contributed by atoms with E-state index in [4.69, 9.17) is 9.84 Å². The molecule has 1 aromatic rings. The summed E-state index contributed by atoms with van der Waals surface area (Å²) in [4.78, 5) is 17.6. The highest BCUT2D eigenvalue weighted by molar-refractivity contribution is 8.13. The maximum Gasteiger partial charge on any atom is 0.416 e. The van der Waals surface area contributed by atoms with Crippen LogP contribution in [0.2, 0.25) is 0 Å². The molecule has 0 spiro atoms. The minimum Gasteiger partial charge on any atom is -0.480 e. The summed E-state index contributed by atoms with van der Waals surface area (Å²) in [5, 5.41) is 9.71. The molecule has 0 aliphatic carbocycles. The van der Waals surface area contributed by atoms with Crippen LogP contribution in [0.25, 0.3) is 0 Å². The van der Waals surface area contributed by atoms with Gasteiger partial charge >= 0.3 is 12.1 Å². The van der Waals surface area contributed by atoms with Crippen molar-refractivity contribution in [3.05, 3.63) is 71.8 Å². The second-order valence-electron chi connectivity index (χ2n) is 7.77. The van der Waals surface area contributed by atoms with Gasteiger partial charge in [-0.25, -0.2) is 4.79 Å². The minimum absolute atomic E-state index is 0.117. The first-order chi connectivity index (χ1) is 18.6. The fourth-order valence-electron chi connectivity index (χ4n) is 3.39. The number of halogens is 3. The number of benzene rings is 1. The molecule has 0 saturated carbocycles. The van der Waals surface area contributed by atoms with Gasteiger partial charge in [0.15, 0.2) is 0 Å². The second kappa shape index (κ2) is 23.5. The van der Waals surface area contributed by atoms with Gasteiger partial charge in [0, 0.05) is 19.6 Å². The zero-order valence-corrected chi connectivity index (χ0v) is 25.4. The van der Waals surface area contributed by atoms with Gasteiger partial charge in [-0.2, -0.15) is 13.2 Å². The number of nitrogens with zero attached hydrogens (tertiary/aromatic N) is 2. The van der Waals surface area contributed by atoms with E-state index in [1.807, 2.05) is 53.0 Å². The van der Waals surface area contributed by atoms with Crippen molar-refractivity contribution in [3.8, 4) is 0 Å². The van der Waals surface area contributed by atoms with Gasteiger partial charge in [0.05, 0.1) is 23.3 Å². The van der Waals surface area contributed by atoms with Crippen molar-refractivity contribution in [1.29, 1.82) is 0 Å². The summed E-state index contributed by atoms with van der Waals surface area (Å²) in [5.74, 6) is -0.937. The highest BCUT2D eigenvalue weighted by Gasteiger charge is 2.29. The molecule has 1 heterocycles. The van der Waals surface area contributed by atoms with Gasteiger partial charge < -0.3 is 14.7 Å². The van der Waals surface area contributed by atoms with E-state index in [9.17, 15) is 18.0 Å². The van der Waals surface area contributed by atoms with Gasteiger partial charge in [-0.3, -0.25) is 4.99 Å². The number of carboxylic acids is 1. The molecule has 39 heavy (non-hydrogen) atoms. The van der Waals surface area contributed by atoms with Gasteiger partial charge in [0.1, 0.15) is 6.61 Å². The summed E-state index contributed by atoms with van der Waals surface area (Å²) in [6, 6.07) is 6.48. The van der Waals surface area contributed by atoms with Crippen LogP contribution in [0.4, 0.5) is 13.2 Å². The average molecular weight is 573 g/mol. The molecule has 5 nitrogen and oxygen atoms in total. The first kappa shape index (κ1) is 38.8. The summed E-state index contributed by atoms with van der Waals surface area (Å²) in [6.07, 6.45) is 5.82. The number of carboxylic acid groups (broad SMARTS) is 1. The third-order valence-electron chi connectivity index (χ3n) is 5.29. The smallest absolute Gasteiger partial charge is 0.416 e. The van der Waals surface area contributed by atoms with Crippen LogP contribution >= 0.6 is 11.8 Å². The molecule has 0 radical (unpaired) electrons. The molecule has 0 bridgehead atoms. The van der Waals surface area contributed by atoms with Crippen LogP contribution in [-0.4, -0.2) is 66.2 Å². The van der Waals surface area contributed by atoms with E-state index in [1.54, 1.807) is 17.8 Å². The number of hydrogen-bond donors (Lipinski definition) is 1. The lowest BCUT2D eigenvalue weighted by atomic mass is 10.0. The molecule has 1 atom stereocenters. The van der Waals surface area contributed by atoms with Crippen LogP contribution in [0.3, 0.4) is 0 Å². The molecule has 9 heteroatoms. The lowest BCUT2D eigenvalue weighted by molar-refractivity contribution is -0.141. The summed E-state index contributed by atoms with van der Waals surface area (Å²) in [6.45, 7) is 18.9. The molecule has 1 unspecified atom stereocenters. The Kier molecular flexibility index (Phi) is 23.4. The lowest BCUT2D eigenvalue weighted by Crippen LogP contribution is -2.32. The Balaban J connectivity index is 0. The molecule has 0 aromatic heterocycles. The molecule has 1 aromatic carbocycles. The maximum atomic E-state index is 11.8. The highest BCUT2D eigenvalue weighted by Crippen LogP contribution is 2.28. The number of thioether (sulfide) groups is 1. The van der Waals surface area contributed by atoms with Gasteiger partial charge in [0.2, 0.25) is 0 Å². The lowest BCUT2D eigenvalue weighted by Gasteiger charge is -2.22. The van der Waals surface area contributed by atoms with Gasteiger partial charge in [-0.15, -0.1) is 18.3 Å². The zero-order chi connectivity index (χ0) is 30.3. The van der Waals surface area contributed by atoms with Crippen LogP contribution in [0.5, 0.6) is 0 Å². The van der Waals surface area contributed by atoms with Crippen LogP contribution in [0.1, 0.15) is 59.9 Å². The Morgan fingerprint density at radius 2 is 1.72 bits per heavy atom. The second-order valence-corrected chi connectivity index (χ2v) is 8.77. The van der Waals surface area contributed by atoms with Gasteiger partial charge in [-0.05, 0) is 44.1 Å². The molecule has 1 N–H and O–H groups in total. The van der Waals surface area contributed by atoms with Crippen LogP contribution in [0, 0.1) is 0 Å². The molecule has 222 valence electrons. The summed E-state index contributed by atoms with van der Waals surface area (Å²) >= 11 is 1.66. The fourth-order valence-corrected chi connectivity index (χ4v) is 3.63. The van der Waals surface area contributed by atoms with Gasteiger partial charge in [0.25, 0.3) is 0 Å². The van der Waals surface area contributed by atoms with Gasteiger partial charge in [-0.1, -0.05) is 76.3 Å². The molecule has 1 fully saturated rings. The Morgan fingerprint density at radius 3 is 2.15 bits per heavy atom. The van der Waals surface area contributed by atoms with Crippen LogP contribution in [0.15, 0.2) is 71.3 Å². The van der Waals surface area contributed by atoms with E-state index in [0.717, 1.165) is 49.7 Å². The van der Waals surface area contributed by atoms with E-state index in [2.05, 4.69) is 29.5 Å². The fraction of sp³-hybridized carbons (Fsp3) is 0.533. The van der Waals surface area contributed by atoms with Crippen molar-refractivity contribution in [3.63, 3.8) is 0 Å². The van der Waals surface area contributed by atoms with E-state index in [1.165, 1.54) is 23.3 Å². The zero-order valence-electron chi connectivity index (χ0n) is 24.6. The third-order valence-corrected chi connectivity index (χ3v) is 5.99. The maximum absolute atomic E-state index is 11.8. The molecular formula is C30H47F3N2O3S. The van der Waals surface area contributed by atoms with Crippen molar-refractivity contribution < 1.29 is 27.8 Å². The number of alkyl halides is 3. The number of likely N-dealkylation sites (tertiary alicyclic amines) is 1. The Morgan fingerprint density at radius 1 is 1.15 bits per heavy atom. The predicted octanol–water partition coefficient (Wildman–Crippen LogP) is 8.15. The van der Waals surface area contributed by atoms with Crippen molar-refractivity contribution in [2.24, 2.45) is 4.99 Å². The number of aliphatic carboxylic acids is 1. The number of allylic oxidation sites excluding steroid dienone is 1. The third kappa shape index (κ3) is 18.5. The molecule has 1 aliphatic rings. The first-order valence-electron chi connectivity index (χ1n) is 13.3. The first-order valence-corrected chi connectivity index (χ1v) is 14.5. The number of hydrogen-bond acceptors (Lipinski definition) is 5. The van der Waals surface area contributed by atoms with Crippen LogP contribution < -0.4 is 0 Å². The van der Waals surface area contributed by atoms with Crippen molar-refractivity contribution in [2.75, 3.05) is 39.1 Å². The monoisotopic (exact) mass is 572 g/mol. The van der Waals surface area contributed by atoms with E-state index in [0.29, 0.717) is 6.61 Å². The quantitative estimate of drug-likeness (QED) is 0.147. The van der Waals surface area contributed by atoms with Crippen molar-refractivity contribution in [1.82, 2.24) is 4.90 Å². The number of aliphatic imine (C=N–C) groups is 1.